The van der Waals surface area contributed by atoms with E-state index in [0.29, 0.717) is 0 Å². The smallest absolute Gasteiger partial charge is 0.174 e. The van der Waals surface area contributed by atoms with E-state index < -0.39 is 0 Å². The lowest BCUT2D eigenvalue weighted by Crippen LogP contribution is -2.18. The minimum atomic E-state index is 0.0300. The molecule has 2 aromatic rings. The van der Waals surface area contributed by atoms with E-state index in [9.17, 15) is 0 Å². The van der Waals surface area contributed by atoms with Crippen LogP contribution in [0.25, 0.3) is 0 Å². The number of methoxy groups -OCH3 is 1. The molecule has 0 aliphatic rings. The summed E-state index contributed by atoms with van der Waals surface area (Å²) in [7, 11) is 3.64. The first-order valence-electron chi connectivity index (χ1n) is 6.14. The van der Waals surface area contributed by atoms with Crippen LogP contribution in [-0.4, -0.2) is 14.2 Å². The zero-order valence-electron chi connectivity index (χ0n) is 11.6. The van der Waals surface area contributed by atoms with Crippen molar-refractivity contribution in [3.63, 3.8) is 0 Å². The maximum atomic E-state index is 5.59. The molecule has 0 fully saturated rings. The molecule has 0 saturated carbocycles. The van der Waals surface area contributed by atoms with Crippen molar-refractivity contribution in [2.75, 3.05) is 14.2 Å². The Morgan fingerprint density at radius 1 is 1.21 bits per heavy atom. The Bertz CT molecular complexity index is 578. The van der Waals surface area contributed by atoms with E-state index in [4.69, 9.17) is 9.15 Å². The molecule has 1 N–H and O–H groups in total. The highest BCUT2D eigenvalue weighted by Gasteiger charge is 2.22. The largest absolute Gasteiger partial charge is 0.496 e. The Hall–Kier alpha value is -1.26. The fourth-order valence-corrected chi connectivity index (χ4v) is 2.77. The molecule has 102 valence electrons. The number of nitrogens with one attached hydrogen (secondary N) is 1. The Morgan fingerprint density at radius 3 is 2.47 bits per heavy atom. The van der Waals surface area contributed by atoms with Gasteiger partial charge in [0.15, 0.2) is 4.67 Å². The van der Waals surface area contributed by atoms with Crippen molar-refractivity contribution in [2.45, 2.75) is 19.9 Å². The Kier molecular flexibility index (Phi) is 4.32. The molecule has 0 spiro atoms. The predicted octanol–water partition coefficient (Wildman–Crippen LogP) is 3.98. The topological polar surface area (TPSA) is 34.4 Å². The summed E-state index contributed by atoms with van der Waals surface area (Å²) >= 11 is 3.44. The molecular formula is C15H18BrNO2. The van der Waals surface area contributed by atoms with E-state index in [1.165, 1.54) is 11.1 Å². The van der Waals surface area contributed by atoms with E-state index in [0.717, 1.165) is 21.5 Å². The van der Waals surface area contributed by atoms with E-state index in [-0.39, 0.29) is 6.04 Å². The molecule has 1 heterocycles. The van der Waals surface area contributed by atoms with Crippen molar-refractivity contribution in [1.82, 2.24) is 5.32 Å². The third-order valence-electron chi connectivity index (χ3n) is 3.47. The van der Waals surface area contributed by atoms with Gasteiger partial charge in [-0.05, 0) is 54.0 Å². The SMILES string of the molecule is CNC(c1ccoc1Br)c1ccc(C)c(C)c1OC. The summed E-state index contributed by atoms with van der Waals surface area (Å²) in [6.07, 6.45) is 1.68. The van der Waals surface area contributed by atoms with Gasteiger partial charge >= 0.3 is 0 Å². The molecule has 19 heavy (non-hydrogen) atoms. The van der Waals surface area contributed by atoms with Crippen LogP contribution >= 0.6 is 15.9 Å². The normalized spacial score (nSPS) is 12.5. The third-order valence-corrected chi connectivity index (χ3v) is 4.11. The molecule has 4 heteroatoms. The van der Waals surface area contributed by atoms with Gasteiger partial charge in [0.25, 0.3) is 0 Å². The maximum Gasteiger partial charge on any atom is 0.174 e. The number of benzene rings is 1. The average molecular weight is 324 g/mol. The van der Waals surface area contributed by atoms with Crippen molar-refractivity contribution < 1.29 is 9.15 Å². The Labute approximate surface area is 122 Å². The van der Waals surface area contributed by atoms with Gasteiger partial charge in [-0.3, -0.25) is 0 Å². The summed E-state index contributed by atoms with van der Waals surface area (Å²) in [5.74, 6) is 0.924. The first-order valence-corrected chi connectivity index (χ1v) is 6.93. The highest BCUT2D eigenvalue weighted by Crippen LogP contribution is 2.36. The van der Waals surface area contributed by atoms with Gasteiger partial charge in [0.1, 0.15) is 5.75 Å². The van der Waals surface area contributed by atoms with Crippen molar-refractivity contribution in [3.05, 3.63) is 51.4 Å². The fraction of sp³-hybridized carbons (Fsp3) is 0.333. The predicted molar refractivity (Wildman–Crippen MR) is 79.8 cm³/mol. The summed E-state index contributed by atoms with van der Waals surface area (Å²) in [6.45, 7) is 4.17. The molecule has 0 bridgehead atoms. The van der Waals surface area contributed by atoms with Crippen LogP contribution in [-0.2, 0) is 0 Å². The van der Waals surface area contributed by atoms with Gasteiger partial charge in [-0.25, -0.2) is 0 Å². The molecule has 1 unspecified atom stereocenters. The van der Waals surface area contributed by atoms with Gasteiger partial charge in [0.2, 0.25) is 0 Å². The van der Waals surface area contributed by atoms with Crippen LogP contribution in [0.3, 0.4) is 0 Å². The second kappa shape index (κ2) is 5.80. The number of furan rings is 1. The lowest BCUT2D eigenvalue weighted by Gasteiger charge is -2.21. The first-order chi connectivity index (χ1) is 9.10. The highest BCUT2D eigenvalue weighted by molar-refractivity contribution is 9.10. The van der Waals surface area contributed by atoms with Crippen LogP contribution < -0.4 is 10.1 Å². The molecule has 3 nitrogen and oxygen atoms in total. The standard InChI is InChI=1S/C15H18BrNO2/c1-9-5-6-11(14(18-4)10(9)2)13(17-3)12-7-8-19-15(12)16/h5-8,13,17H,1-4H3. The van der Waals surface area contributed by atoms with E-state index >= 15 is 0 Å². The number of aryl methyl sites for hydroxylation is 1. The molecule has 0 aliphatic carbocycles. The fourth-order valence-electron chi connectivity index (χ4n) is 2.30. The van der Waals surface area contributed by atoms with Gasteiger partial charge in [-0.15, -0.1) is 0 Å². The lowest BCUT2D eigenvalue weighted by molar-refractivity contribution is 0.401. The van der Waals surface area contributed by atoms with Crippen LogP contribution in [0.2, 0.25) is 0 Å². The number of hydrogen-bond acceptors (Lipinski definition) is 3. The quantitative estimate of drug-likeness (QED) is 0.924. The van der Waals surface area contributed by atoms with Crippen molar-refractivity contribution in [1.29, 1.82) is 0 Å². The summed E-state index contributed by atoms with van der Waals surface area (Å²) < 4.78 is 11.7. The molecule has 0 radical (unpaired) electrons. The van der Waals surface area contributed by atoms with E-state index in [1.54, 1.807) is 13.4 Å². The van der Waals surface area contributed by atoms with Crippen LogP contribution in [0.15, 0.2) is 33.5 Å². The molecule has 2 rings (SSSR count). The van der Waals surface area contributed by atoms with E-state index in [2.05, 4.69) is 47.2 Å². The van der Waals surface area contributed by atoms with Crippen LogP contribution in [0.5, 0.6) is 5.75 Å². The van der Waals surface area contributed by atoms with Crippen molar-refractivity contribution in [3.8, 4) is 5.75 Å². The van der Waals surface area contributed by atoms with Crippen molar-refractivity contribution >= 4 is 15.9 Å². The molecule has 0 saturated heterocycles. The zero-order chi connectivity index (χ0) is 14.0. The maximum absolute atomic E-state index is 5.59. The molecule has 0 aliphatic heterocycles. The minimum Gasteiger partial charge on any atom is -0.496 e. The lowest BCUT2D eigenvalue weighted by atomic mass is 9.96. The number of ether oxygens (including phenoxy) is 1. The van der Waals surface area contributed by atoms with Gasteiger partial charge in [-0.1, -0.05) is 12.1 Å². The summed E-state index contributed by atoms with van der Waals surface area (Å²) in [5.41, 5.74) is 4.56. The second-order valence-electron chi connectivity index (χ2n) is 4.50. The van der Waals surface area contributed by atoms with Crippen LogP contribution in [0.1, 0.15) is 28.3 Å². The molecular weight excluding hydrogens is 306 g/mol. The summed E-state index contributed by atoms with van der Waals surface area (Å²) in [6, 6.07) is 6.20. The average Bonchev–Trinajstić information content (AvgIpc) is 2.81. The first kappa shape index (κ1) is 14.2. The molecule has 0 amide bonds. The van der Waals surface area contributed by atoms with Gasteiger partial charge < -0.3 is 14.5 Å². The highest BCUT2D eigenvalue weighted by atomic mass is 79.9. The summed E-state index contributed by atoms with van der Waals surface area (Å²) in [4.78, 5) is 0. The van der Waals surface area contributed by atoms with Gasteiger partial charge in [0.05, 0.1) is 19.4 Å². The van der Waals surface area contributed by atoms with E-state index in [1.807, 2.05) is 13.1 Å². The van der Waals surface area contributed by atoms with Crippen molar-refractivity contribution in [2.24, 2.45) is 0 Å². The minimum absolute atomic E-state index is 0.0300. The molecule has 1 aromatic carbocycles. The summed E-state index contributed by atoms with van der Waals surface area (Å²) in [5, 5.41) is 3.31. The molecule has 1 atom stereocenters. The molecule has 1 aromatic heterocycles. The number of halogens is 1. The number of hydrogen-bond donors (Lipinski definition) is 1. The number of rotatable bonds is 4. The Balaban J connectivity index is 2.56. The third kappa shape index (κ3) is 2.55. The zero-order valence-corrected chi connectivity index (χ0v) is 13.2. The monoisotopic (exact) mass is 323 g/mol. The van der Waals surface area contributed by atoms with Gasteiger partial charge in [-0.2, -0.15) is 0 Å². The van der Waals surface area contributed by atoms with Crippen LogP contribution in [0.4, 0.5) is 0 Å². The van der Waals surface area contributed by atoms with Crippen LogP contribution in [0, 0.1) is 13.8 Å². The van der Waals surface area contributed by atoms with Gasteiger partial charge in [0, 0.05) is 11.1 Å². The Morgan fingerprint density at radius 2 is 1.95 bits per heavy atom. The second-order valence-corrected chi connectivity index (χ2v) is 5.22.